The molecule has 1 aromatic heterocycles. The molecule has 2 aliphatic rings. The molecule has 0 atom stereocenters. The van der Waals surface area contributed by atoms with Crippen LogP contribution in [0.2, 0.25) is 0 Å². The Bertz CT molecular complexity index is 509. The summed E-state index contributed by atoms with van der Waals surface area (Å²) in [5.74, 6) is 1.64. The average molecular weight is 301 g/mol. The van der Waals surface area contributed by atoms with Crippen molar-refractivity contribution in [3.63, 3.8) is 0 Å². The quantitative estimate of drug-likeness (QED) is 0.815. The van der Waals surface area contributed by atoms with Gasteiger partial charge in [-0.25, -0.2) is 0 Å². The predicted octanol–water partition coefficient (Wildman–Crippen LogP) is 3.60. The number of hydrogen-bond acceptors (Lipinski definition) is 4. The third kappa shape index (κ3) is 4.23. The minimum Gasteiger partial charge on any atom is -0.478 e. The topological polar surface area (TPSA) is 37.4 Å². The molecule has 0 bridgehead atoms. The Labute approximate surface area is 133 Å². The van der Waals surface area contributed by atoms with E-state index in [0.717, 1.165) is 43.3 Å². The van der Waals surface area contributed by atoms with Crippen LogP contribution in [0.25, 0.3) is 0 Å². The van der Waals surface area contributed by atoms with E-state index in [0.29, 0.717) is 0 Å². The van der Waals surface area contributed by atoms with Crippen LogP contribution in [0.15, 0.2) is 24.4 Å². The van der Waals surface area contributed by atoms with Crippen LogP contribution in [-0.4, -0.2) is 36.1 Å². The van der Waals surface area contributed by atoms with Crippen molar-refractivity contribution in [3.8, 4) is 5.88 Å². The summed E-state index contributed by atoms with van der Waals surface area (Å²) in [5, 5.41) is 3.25. The molecular weight excluding hydrogens is 274 g/mol. The molecule has 0 aliphatic carbocycles. The van der Waals surface area contributed by atoms with Gasteiger partial charge in [-0.2, -0.15) is 4.98 Å². The zero-order valence-electron chi connectivity index (χ0n) is 13.4. The van der Waals surface area contributed by atoms with Gasteiger partial charge in [0.15, 0.2) is 0 Å². The molecule has 120 valence electrons. The number of unbranched alkanes of at least 4 members (excludes halogenated alkanes) is 1. The minimum atomic E-state index is 0.721. The van der Waals surface area contributed by atoms with Crippen LogP contribution in [0.5, 0.6) is 5.88 Å². The summed E-state index contributed by atoms with van der Waals surface area (Å²) in [7, 11) is 0. The van der Waals surface area contributed by atoms with E-state index in [1.807, 2.05) is 6.07 Å². The molecule has 0 spiro atoms. The molecule has 3 rings (SSSR count). The second-order valence-corrected chi connectivity index (χ2v) is 6.34. The van der Waals surface area contributed by atoms with Crippen LogP contribution < -0.4 is 10.1 Å². The Morgan fingerprint density at radius 1 is 1.14 bits per heavy atom. The van der Waals surface area contributed by atoms with Gasteiger partial charge in [0.25, 0.3) is 0 Å². The van der Waals surface area contributed by atoms with Crippen LogP contribution in [0.1, 0.15) is 44.1 Å². The smallest absolute Gasteiger partial charge is 0.215 e. The number of nitrogens with zero attached hydrogens (tertiary/aromatic N) is 2. The average Bonchev–Trinajstić information content (AvgIpc) is 2.55. The van der Waals surface area contributed by atoms with Gasteiger partial charge in [-0.15, -0.1) is 0 Å². The lowest BCUT2D eigenvalue weighted by atomic mass is 10.1. The number of pyridine rings is 1. The van der Waals surface area contributed by atoms with Crippen molar-refractivity contribution in [1.82, 2.24) is 9.88 Å². The Kier molecular flexibility index (Phi) is 5.33. The number of fused-ring (bicyclic) bond motifs is 1. The maximum atomic E-state index is 5.80. The molecule has 1 N–H and O–H groups in total. The summed E-state index contributed by atoms with van der Waals surface area (Å²) in [6.45, 7) is 8.50. The third-order valence-corrected chi connectivity index (χ3v) is 4.51. The number of rotatable bonds is 6. The molecule has 0 saturated carbocycles. The SMILES string of the molecule is C=C1CCc2ccc(OCCCCN3CCCCC3)nc2N1. The molecule has 1 aromatic rings. The summed E-state index contributed by atoms with van der Waals surface area (Å²) in [6.07, 6.45) is 8.46. The summed E-state index contributed by atoms with van der Waals surface area (Å²) in [6, 6.07) is 4.10. The maximum Gasteiger partial charge on any atom is 0.215 e. The Balaban J connectivity index is 1.38. The summed E-state index contributed by atoms with van der Waals surface area (Å²) >= 11 is 0. The fourth-order valence-corrected chi connectivity index (χ4v) is 3.17. The number of likely N-dealkylation sites (tertiary alicyclic amines) is 1. The van der Waals surface area contributed by atoms with Crippen molar-refractivity contribution < 1.29 is 4.74 Å². The van der Waals surface area contributed by atoms with Gasteiger partial charge in [0.1, 0.15) is 5.82 Å². The second-order valence-electron chi connectivity index (χ2n) is 6.34. The van der Waals surface area contributed by atoms with Crippen LogP contribution in [0.4, 0.5) is 5.82 Å². The van der Waals surface area contributed by atoms with E-state index in [2.05, 4.69) is 27.8 Å². The standard InChI is InChI=1S/C18H27N3O/c1-15-7-8-16-9-10-17(20-18(16)19-15)22-14-6-5-13-21-11-3-2-4-12-21/h9-10H,1-8,11-14H2,(H,19,20). The Morgan fingerprint density at radius 3 is 2.86 bits per heavy atom. The van der Waals surface area contributed by atoms with Gasteiger partial charge in [-0.05, 0) is 69.8 Å². The summed E-state index contributed by atoms with van der Waals surface area (Å²) in [5.41, 5.74) is 2.29. The first-order valence-corrected chi connectivity index (χ1v) is 8.61. The van der Waals surface area contributed by atoms with E-state index in [4.69, 9.17) is 4.74 Å². The zero-order chi connectivity index (χ0) is 15.2. The number of nitrogens with one attached hydrogen (secondary N) is 1. The Morgan fingerprint density at radius 2 is 2.00 bits per heavy atom. The van der Waals surface area contributed by atoms with Gasteiger partial charge in [0.2, 0.25) is 5.88 Å². The molecule has 4 heteroatoms. The molecule has 4 nitrogen and oxygen atoms in total. The molecule has 22 heavy (non-hydrogen) atoms. The monoisotopic (exact) mass is 301 g/mol. The fourth-order valence-electron chi connectivity index (χ4n) is 3.17. The van der Waals surface area contributed by atoms with Crippen molar-refractivity contribution in [2.24, 2.45) is 0 Å². The maximum absolute atomic E-state index is 5.80. The zero-order valence-corrected chi connectivity index (χ0v) is 13.4. The first-order valence-electron chi connectivity index (χ1n) is 8.61. The van der Waals surface area contributed by atoms with Crippen molar-refractivity contribution in [2.75, 3.05) is 31.6 Å². The van der Waals surface area contributed by atoms with Crippen LogP contribution in [0, 0.1) is 0 Å². The van der Waals surface area contributed by atoms with Gasteiger partial charge in [-0.1, -0.05) is 13.0 Å². The molecule has 3 heterocycles. The van der Waals surface area contributed by atoms with Gasteiger partial charge >= 0.3 is 0 Å². The third-order valence-electron chi connectivity index (χ3n) is 4.51. The molecule has 0 aromatic carbocycles. The molecule has 2 aliphatic heterocycles. The normalized spacial score (nSPS) is 18.6. The number of ether oxygens (including phenoxy) is 1. The number of aromatic nitrogens is 1. The highest BCUT2D eigenvalue weighted by molar-refractivity contribution is 5.53. The van der Waals surface area contributed by atoms with Crippen molar-refractivity contribution in [3.05, 3.63) is 30.0 Å². The molecule has 1 saturated heterocycles. The summed E-state index contributed by atoms with van der Waals surface area (Å²) in [4.78, 5) is 7.13. The molecule has 1 fully saturated rings. The van der Waals surface area contributed by atoms with E-state index in [-0.39, 0.29) is 0 Å². The number of aryl methyl sites for hydroxylation is 1. The lowest BCUT2D eigenvalue weighted by Gasteiger charge is -2.26. The highest BCUT2D eigenvalue weighted by atomic mass is 16.5. The summed E-state index contributed by atoms with van der Waals surface area (Å²) < 4.78 is 5.80. The number of piperidine rings is 1. The van der Waals surface area contributed by atoms with Crippen molar-refractivity contribution >= 4 is 5.82 Å². The van der Waals surface area contributed by atoms with E-state index >= 15 is 0 Å². The van der Waals surface area contributed by atoms with Crippen molar-refractivity contribution in [1.29, 1.82) is 0 Å². The van der Waals surface area contributed by atoms with E-state index in [9.17, 15) is 0 Å². The number of anilines is 1. The van der Waals surface area contributed by atoms with Gasteiger partial charge in [0, 0.05) is 11.8 Å². The van der Waals surface area contributed by atoms with Crippen molar-refractivity contribution in [2.45, 2.75) is 44.9 Å². The largest absolute Gasteiger partial charge is 0.478 e. The molecule has 0 unspecified atom stereocenters. The molecule has 0 radical (unpaired) electrons. The van der Waals surface area contributed by atoms with Crippen LogP contribution in [-0.2, 0) is 6.42 Å². The van der Waals surface area contributed by atoms with E-state index in [1.165, 1.54) is 50.9 Å². The lowest BCUT2D eigenvalue weighted by molar-refractivity contribution is 0.215. The molecule has 0 amide bonds. The van der Waals surface area contributed by atoms with E-state index in [1.54, 1.807) is 0 Å². The fraction of sp³-hybridized carbons (Fsp3) is 0.611. The lowest BCUT2D eigenvalue weighted by Crippen LogP contribution is -2.30. The van der Waals surface area contributed by atoms with Gasteiger partial charge < -0.3 is 15.0 Å². The first-order chi connectivity index (χ1) is 10.8. The van der Waals surface area contributed by atoms with E-state index < -0.39 is 0 Å². The number of hydrogen-bond donors (Lipinski definition) is 1. The van der Waals surface area contributed by atoms with Crippen LogP contribution >= 0.6 is 0 Å². The number of allylic oxidation sites excluding steroid dienone is 1. The first kappa shape index (κ1) is 15.3. The predicted molar refractivity (Wildman–Crippen MR) is 90.3 cm³/mol. The van der Waals surface area contributed by atoms with Gasteiger partial charge in [-0.3, -0.25) is 0 Å². The van der Waals surface area contributed by atoms with Gasteiger partial charge in [0.05, 0.1) is 6.61 Å². The Hall–Kier alpha value is -1.55. The second kappa shape index (κ2) is 7.63. The highest BCUT2D eigenvalue weighted by Crippen LogP contribution is 2.26. The minimum absolute atomic E-state index is 0.721. The molecular formula is C18H27N3O. The highest BCUT2D eigenvalue weighted by Gasteiger charge is 2.13. The van der Waals surface area contributed by atoms with Crippen LogP contribution in [0.3, 0.4) is 0 Å².